The summed E-state index contributed by atoms with van der Waals surface area (Å²) in [5.74, 6) is -0.507. The second-order valence-corrected chi connectivity index (χ2v) is 3.45. The molecule has 19 heavy (non-hydrogen) atoms. The summed E-state index contributed by atoms with van der Waals surface area (Å²) < 4.78 is 6.22. The van der Waals surface area contributed by atoms with Crippen molar-refractivity contribution < 1.29 is 21.9 Å². The first-order valence-electron chi connectivity index (χ1n) is 5.43. The van der Waals surface area contributed by atoms with E-state index in [4.69, 9.17) is 10.1 Å². The number of carbonyl (C=O) groups is 1. The number of halogens is 1. The van der Waals surface area contributed by atoms with E-state index in [9.17, 15) is 4.79 Å². The maximum Gasteiger partial charge on any atom is 0.466 e. The Morgan fingerprint density at radius 1 is 1.42 bits per heavy atom. The van der Waals surface area contributed by atoms with Gasteiger partial charge in [-0.3, -0.25) is 0 Å². The van der Waals surface area contributed by atoms with E-state index in [0.29, 0.717) is 5.69 Å². The molecule has 0 spiro atoms. The Morgan fingerprint density at radius 2 is 2.11 bits per heavy atom. The van der Waals surface area contributed by atoms with Crippen LogP contribution in [0.15, 0.2) is 36.5 Å². The van der Waals surface area contributed by atoms with E-state index < -0.39 is 5.97 Å². The number of aromatic nitrogens is 2. The largest absolute Gasteiger partial charge is 1.00 e. The fourth-order valence-corrected chi connectivity index (χ4v) is 1.55. The summed E-state index contributed by atoms with van der Waals surface area (Å²) in [6.45, 7) is 1.95. The minimum Gasteiger partial charge on any atom is -1.00 e. The van der Waals surface area contributed by atoms with Crippen molar-refractivity contribution in [3.8, 4) is 5.69 Å². The van der Waals surface area contributed by atoms with Crippen molar-refractivity contribution in [3.63, 3.8) is 0 Å². The molecule has 0 N–H and O–H groups in total. The molecule has 0 radical (unpaired) electrons. The van der Waals surface area contributed by atoms with Gasteiger partial charge in [-0.1, -0.05) is 28.0 Å². The Balaban J connectivity index is 0.00000180. The van der Waals surface area contributed by atoms with Gasteiger partial charge in [0, 0.05) is 4.98 Å². The predicted octanol–water partition coefficient (Wildman–Crippen LogP) is -0.462. The lowest BCUT2D eigenvalue weighted by Gasteiger charge is -1.95. The maximum atomic E-state index is 11.6. The lowest BCUT2D eigenvalue weighted by Crippen LogP contribution is -3.00. The SMILES string of the molecule is CCOC(=O)c1cnn(-c2ccccc2)c1[N+]#N.[Cl-]. The highest BCUT2D eigenvalue weighted by Gasteiger charge is 2.29. The second-order valence-electron chi connectivity index (χ2n) is 3.45. The molecule has 1 aromatic carbocycles. The number of rotatable bonds is 3. The lowest BCUT2D eigenvalue weighted by molar-refractivity contribution is -0.0000221. The Labute approximate surface area is 116 Å². The summed E-state index contributed by atoms with van der Waals surface area (Å²) in [6, 6.07) is 9.08. The molecular formula is C12H11ClN4O2. The van der Waals surface area contributed by atoms with Crippen LogP contribution in [0.3, 0.4) is 0 Å². The molecule has 0 saturated carbocycles. The molecule has 0 saturated heterocycles. The molecule has 0 aliphatic heterocycles. The highest BCUT2D eigenvalue weighted by Crippen LogP contribution is 2.23. The van der Waals surface area contributed by atoms with Crippen LogP contribution in [-0.2, 0) is 4.74 Å². The van der Waals surface area contributed by atoms with Crippen molar-refractivity contribution in [3.05, 3.63) is 47.1 Å². The Kier molecular flexibility index (Phi) is 5.03. The lowest BCUT2D eigenvalue weighted by atomic mass is 10.3. The van der Waals surface area contributed by atoms with E-state index in [0.717, 1.165) is 0 Å². The van der Waals surface area contributed by atoms with Gasteiger partial charge in [-0.05, 0) is 19.1 Å². The normalized spacial score (nSPS) is 9.26. The van der Waals surface area contributed by atoms with Gasteiger partial charge in [-0.2, -0.15) is 0 Å². The van der Waals surface area contributed by atoms with E-state index in [1.165, 1.54) is 10.9 Å². The standard InChI is InChI=1S/C12H11N4O2.ClH/c1-2-18-12(17)10-8-14-16(11(10)15-13)9-6-4-3-5-7-9;/h3-8H,2H2,1H3;1H/q+1;/p-1. The molecule has 0 aliphatic carbocycles. The van der Waals surface area contributed by atoms with Crippen LogP contribution in [-0.4, -0.2) is 22.4 Å². The average molecular weight is 279 g/mol. The molecule has 0 bridgehead atoms. The van der Waals surface area contributed by atoms with Crippen LogP contribution in [0.4, 0.5) is 5.82 Å². The van der Waals surface area contributed by atoms with Crippen LogP contribution in [0.5, 0.6) is 0 Å². The first-order chi connectivity index (χ1) is 8.77. The summed E-state index contributed by atoms with van der Waals surface area (Å²) in [6.07, 6.45) is 1.32. The number of hydrogen-bond acceptors (Lipinski definition) is 4. The highest BCUT2D eigenvalue weighted by atomic mass is 35.5. The van der Waals surface area contributed by atoms with Crippen molar-refractivity contribution in [1.29, 1.82) is 5.39 Å². The second kappa shape index (κ2) is 6.52. The van der Waals surface area contributed by atoms with Crippen LogP contribution in [0, 0.1) is 5.39 Å². The van der Waals surface area contributed by atoms with Crippen LogP contribution >= 0.6 is 0 Å². The van der Waals surface area contributed by atoms with Crippen LogP contribution < -0.4 is 12.4 Å². The summed E-state index contributed by atoms with van der Waals surface area (Å²) in [7, 11) is 0. The molecule has 2 aromatic rings. The van der Waals surface area contributed by atoms with Gasteiger partial charge in [-0.15, -0.1) is 0 Å². The molecule has 0 amide bonds. The zero-order chi connectivity index (χ0) is 13.0. The number of esters is 1. The highest BCUT2D eigenvalue weighted by molar-refractivity contribution is 5.95. The molecule has 6 nitrogen and oxygen atoms in total. The quantitative estimate of drug-likeness (QED) is 0.562. The summed E-state index contributed by atoms with van der Waals surface area (Å²) in [4.78, 5) is 14.7. The van der Waals surface area contributed by atoms with Gasteiger partial charge < -0.3 is 17.1 Å². The van der Waals surface area contributed by atoms with Gasteiger partial charge in [0.25, 0.3) is 0 Å². The number of carbonyl (C=O) groups excluding carboxylic acids is 1. The van der Waals surface area contributed by atoms with E-state index in [1.54, 1.807) is 19.1 Å². The number of nitrogens with zero attached hydrogens (tertiary/aromatic N) is 4. The van der Waals surface area contributed by atoms with Crippen molar-refractivity contribution in [2.45, 2.75) is 6.92 Å². The van der Waals surface area contributed by atoms with Gasteiger partial charge in [0.15, 0.2) is 11.3 Å². The van der Waals surface area contributed by atoms with Gasteiger partial charge >= 0.3 is 11.8 Å². The third kappa shape index (κ3) is 2.89. The van der Waals surface area contributed by atoms with Crippen LogP contribution in [0.1, 0.15) is 17.3 Å². The first-order valence-corrected chi connectivity index (χ1v) is 5.43. The van der Waals surface area contributed by atoms with Crippen molar-refractivity contribution in [1.82, 2.24) is 9.78 Å². The average Bonchev–Trinajstić information content (AvgIpc) is 2.83. The molecule has 0 aliphatic rings. The summed E-state index contributed by atoms with van der Waals surface area (Å²) in [5, 5.41) is 13.0. The van der Waals surface area contributed by atoms with Gasteiger partial charge in [0.05, 0.1) is 18.2 Å². The Hall–Kier alpha value is -2.39. The van der Waals surface area contributed by atoms with Crippen LogP contribution in [0.2, 0.25) is 0 Å². The maximum absolute atomic E-state index is 11.6. The molecule has 0 atom stereocenters. The van der Waals surface area contributed by atoms with Crippen LogP contribution in [0.25, 0.3) is 10.7 Å². The van der Waals surface area contributed by atoms with E-state index in [2.05, 4.69) is 10.1 Å². The fraction of sp³-hybridized carbons (Fsp3) is 0.167. The summed E-state index contributed by atoms with van der Waals surface area (Å²) >= 11 is 0. The Bertz CT molecular complexity index is 604. The topological polar surface area (TPSA) is 72.3 Å². The van der Waals surface area contributed by atoms with E-state index in [1.807, 2.05) is 18.2 Å². The molecule has 2 rings (SSSR count). The Morgan fingerprint density at radius 3 is 2.68 bits per heavy atom. The number of benzene rings is 1. The minimum absolute atomic E-state index is 0. The molecule has 1 heterocycles. The molecule has 0 fully saturated rings. The number of ether oxygens (including phenoxy) is 1. The summed E-state index contributed by atoms with van der Waals surface area (Å²) in [5.41, 5.74) is 0.823. The zero-order valence-electron chi connectivity index (χ0n) is 10.2. The predicted molar refractivity (Wildman–Crippen MR) is 64.3 cm³/mol. The molecule has 98 valence electrons. The smallest absolute Gasteiger partial charge is 0.466 e. The third-order valence-electron chi connectivity index (χ3n) is 2.33. The monoisotopic (exact) mass is 278 g/mol. The van der Waals surface area contributed by atoms with E-state index in [-0.39, 0.29) is 30.4 Å². The zero-order valence-corrected chi connectivity index (χ0v) is 10.9. The molecular weight excluding hydrogens is 268 g/mol. The molecule has 7 heteroatoms. The van der Waals surface area contributed by atoms with Gasteiger partial charge in [0.1, 0.15) is 0 Å². The number of diazo groups is 1. The number of hydrogen-bond donors (Lipinski definition) is 0. The number of para-hydroxylation sites is 1. The van der Waals surface area contributed by atoms with Crippen molar-refractivity contribution in [2.75, 3.05) is 6.61 Å². The molecule has 0 unspecified atom stereocenters. The van der Waals surface area contributed by atoms with Gasteiger partial charge in [-0.25, -0.2) is 4.79 Å². The van der Waals surface area contributed by atoms with E-state index >= 15 is 0 Å². The van der Waals surface area contributed by atoms with Crippen molar-refractivity contribution in [2.24, 2.45) is 0 Å². The molecule has 1 aromatic heterocycles. The fourth-order valence-electron chi connectivity index (χ4n) is 1.55. The first kappa shape index (κ1) is 14.7. The third-order valence-corrected chi connectivity index (χ3v) is 2.33. The van der Waals surface area contributed by atoms with Crippen molar-refractivity contribution >= 4 is 11.8 Å². The minimum atomic E-state index is -0.563. The van der Waals surface area contributed by atoms with Gasteiger partial charge in [0.2, 0.25) is 0 Å².